The van der Waals surface area contributed by atoms with Crippen LogP contribution in [-0.4, -0.2) is 42.6 Å². The number of imide groups is 1. The van der Waals surface area contributed by atoms with Gasteiger partial charge in [0.25, 0.3) is 0 Å². The second kappa shape index (κ2) is 8.66. The van der Waals surface area contributed by atoms with E-state index in [-0.39, 0.29) is 13.1 Å². The first-order chi connectivity index (χ1) is 7.56. The number of aliphatic carboxylic acids is 1. The minimum absolute atomic E-state index is 0.201. The van der Waals surface area contributed by atoms with Gasteiger partial charge in [-0.05, 0) is 6.42 Å². The zero-order valence-electron chi connectivity index (χ0n) is 9.21. The van der Waals surface area contributed by atoms with Crippen LogP contribution in [-0.2, 0) is 9.59 Å². The van der Waals surface area contributed by atoms with Gasteiger partial charge in [0, 0.05) is 6.54 Å². The molecule has 0 aliphatic rings. The first-order valence-corrected chi connectivity index (χ1v) is 5.06. The van der Waals surface area contributed by atoms with Crippen LogP contribution in [0.2, 0.25) is 0 Å². The number of hydrogen-bond donors (Lipinski definition) is 4. The SMILES string of the molecule is CCCCNC(=O)NC(=O)CNCC(=O)O. The molecule has 3 amide bonds. The molecule has 4 N–H and O–H groups in total. The fraction of sp³-hybridized carbons (Fsp3) is 0.667. The van der Waals surface area contributed by atoms with E-state index in [4.69, 9.17) is 5.11 Å². The number of carbonyl (C=O) groups is 3. The zero-order chi connectivity index (χ0) is 12.4. The van der Waals surface area contributed by atoms with E-state index in [0.29, 0.717) is 6.54 Å². The molecule has 0 aliphatic carbocycles. The van der Waals surface area contributed by atoms with Crippen LogP contribution < -0.4 is 16.0 Å². The molecule has 0 rings (SSSR count). The van der Waals surface area contributed by atoms with E-state index in [0.717, 1.165) is 12.8 Å². The third-order valence-electron chi connectivity index (χ3n) is 1.63. The number of unbranched alkanes of at least 4 members (excludes halogenated alkanes) is 1. The maximum atomic E-state index is 11.0. The summed E-state index contributed by atoms with van der Waals surface area (Å²) in [5.41, 5.74) is 0. The van der Waals surface area contributed by atoms with E-state index in [9.17, 15) is 14.4 Å². The summed E-state index contributed by atoms with van der Waals surface area (Å²) >= 11 is 0. The van der Waals surface area contributed by atoms with Crippen LogP contribution in [0.25, 0.3) is 0 Å². The molecule has 0 aromatic rings. The van der Waals surface area contributed by atoms with Crippen molar-refractivity contribution in [2.75, 3.05) is 19.6 Å². The van der Waals surface area contributed by atoms with Gasteiger partial charge in [-0.2, -0.15) is 0 Å². The number of carboxylic acid groups (broad SMARTS) is 1. The molecule has 7 nitrogen and oxygen atoms in total. The summed E-state index contributed by atoms with van der Waals surface area (Å²) in [6.07, 6.45) is 1.80. The minimum Gasteiger partial charge on any atom is -0.480 e. The number of carboxylic acids is 1. The molecular formula is C9H17N3O4. The summed E-state index contributed by atoms with van der Waals surface area (Å²) < 4.78 is 0. The highest BCUT2D eigenvalue weighted by Crippen LogP contribution is 1.81. The number of nitrogens with one attached hydrogen (secondary N) is 3. The standard InChI is InChI=1S/C9H17N3O4/c1-2-3-4-11-9(16)12-7(13)5-10-6-8(14)15/h10H,2-6H2,1H3,(H,14,15)(H2,11,12,13,16). The molecule has 0 aromatic carbocycles. The van der Waals surface area contributed by atoms with Gasteiger partial charge in [-0.1, -0.05) is 13.3 Å². The van der Waals surface area contributed by atoms with Crippen molar-refractivity contribution in [3.8, 4) is 0 Å². The predicted molar refractivity (Wildman–Crippen MR) is 57.0 cm³/mol. The van der Waals surface area contributed by atoms with Gasteiger partial charge in [-0.25, -0.2) is 4.79 Å². The Kier molecular flexibility index (Phi) is 7.78. The normalized spacial score (nSPS) is 9.56. The van der Waals surface area contributed by atoms with Crippen LogP contribution in [0.4, 0.5) is 4.79 Å². The van der Waals surface area contributed by atoms with Gasteiger partial charge in [0.2, 0.25) is 5.91 Å². The molecule has 0 saturated carbocycles. The molecule has 0 bridgehead atoms. The van der Waals surface area contributed by atoms with Gasteiger partial charge in [0.1, 0.15) is 0 Å². The molecule has 0 fully saturated rings. The molecule has 0 aromatic heterocycles. The lowest BCUT2D eigenvalue weighted by Gasteiger charge is -2.05. The Labute approximate surface area is 93.6 Å². The van der Waals surface area contributed by atoms with Crippen LogP contribution in [0.5, 0.6) is 0 Å². The first kappa shape index (κ1) is 14.4. The van der Waals surface area contributed by atoms with E-state index >= 15 is 0 Å². The van der Waals surface area contributed by atoms with Gasteiger partial charge in [-0.3, -0.25) is 20.2 Å². The molecule has 0 spiro atoms. The first-order valence-electron chi connectivity index (χ1n) is 5.06. The van der Waals surface area contributed by atoms with E-state index in [1.165, 1.54) is 0 Å². The molecular weight excluding hydrogens is 214 g/mol. The Morgan fingerprint density at radius 3 is 2.44 bits per heavy atom. The molecule has 0 saturated heterocycles. The molecule has 0 unspecified atom stereocenters. The monoisotopic (exact) mass is 231 g/mol. The van der Waals surface area contributed by atoms with Crippen molar-refractivity contribution in [2.45, 2.75) is 19.8 Å². The Morgan fingerprint density at radius 1 is 1.19 bits per heavy atom. The van der Waals surface area contributed by atoms with E-state index in [2.05, 4.69) is 16.0 Å². The lowest BCUT2D eigenvalue weighted by Crippen LogP contribution is -2.44. The second-order valence-electron chi connectivity index (χ2n) is 3.15. The molecule has 16 heavy (non-hydrogen) atoms. The van der Waals surface area contributed by atoms with E-state index in [1.807, 2.05) is 6.92 Å². The van der Waals surface area contributed by atoms with Gasteiger partial charge in [-0.15, -0.1) is 0 Å². The number of amides is 3. The largest absolute Gasteiger partial charge is 0.480 e. The van der Waals surface area contributed by atoms with Crippen LogP contribution in [0.1, 0.15) is 19.8 Å². The molecule has 0 atom stereocenters. The van der Waals surface area contributed by atoms with E-state index in [1.54, 1.807) is 0 Å². The molecule has 7 heteroatoms. The fourth-order valence-electron chi connectivity index (χ4n) is 0.877. The average molecular weight is 231 g/mol. The third-order valence-corrected chi connectivity index (χ3v) is 1.63. The predicted octanol–water partition coefficient (Wildman–Crippen LogP) is -0.713. The molecule has 92 valence electrons. The van der Waals surface area contributed by atoms with Crippen LogP contribution >= 0.6 is 0 Å². The lowest BCUT2D eigenvalue weighted by atomic mass is 10.3. The van der Waals surface area contributed by atoms with Crippen LogP contribution in [0.3, 0.4) is 0 Å². The number of carbonyl (C=O) groups excluding carboxylic acids is 2. The maximum absolute atomic E-state index is 11.0. The second-order valence-corrected chi connectivity index (χ2v) is 3.15. The van der Waals surface area contributed by atoms with Crippen molar-refractivity contribution in [3.63, 3.8) is 0 Å². The van der Waals surface area contributed by atoms with Gasteiger partial charge >= 0.3 is 12.0 Å². The highest BCUT2D eigenvalue weighted by molar-refractivity contribution is 5.95. The van der Waals surface area contributed by atoms with Crippen molar-refractivity contribution >= 4 is 17.9 Å². The minimum atomic E-state index is -1.06. The summed E-state index contributed by atoms with van der Waals surface area (Å²) in [6, 6.07) is -0.560. The summed E-state index contributed by atoms with van der Waals surface area (Å²) in [6.45, 7) is 1.98. The highest BCUT2D eigenvalue weighted by atomic mass is 16.4. The number of hydrogen-bond acceptors (Lipinski definition) is 4. The zero-order valence-corrected chi connectivity index (χ0v) is 9.21. The molecule has 0 heterocycles. The quantitative estimate of drug-likeness (QED) is 0.433. The molecule has 0 aliphatic heterocycles. The maximum Gasteiger partial charge on any atom is 0.321 e. The van der Waals surface area contributed by atoms with Crippen molar-refractivity contribution in [1.82, 2.24) is 16.0 Å². The summed E-state index contributed by atoms with van der Waals surface area (Å²) in [7, 11) is 0. The van der Waals surface area contributed by atoms with Gasteiger partial charge < -0.3 is 10.4 Å². The fourth-order valence-corrected chi connectivity index (χ4v) is 0.877. The van der Waals surface area contributed by atoms with Crippen LogP contribution in [0.15, 0.2) is 0 Å². The van der Waals surface area contributed by atoms with E-state index < -0.39 is 17.9 Å². The van der Waals surface area contributed by atoms with Gasteiger partial charge in [0.05, 0.1) is 13.1 Å². The summed E-state index contributed by atoms with van der Waals surface area (Å²) in [5, 5.41) is 15.2. The Balaban J connectivity index is 3.54. The smallest absolute Gasteiger partial charge is 0.321 e. The van der Waals surface area contributed by atoms with Crippen molar-refractivity contribution in [2.24, 2.45) is 0 Å². The van der Waals surface area contributed by atoms with Gasteiger partial charge in [0.15, 0.2) is 0 Å². The van der Waals surface area contributed by atoms with Crippen molar-refractivity contribution < 1.29 is 19.5 Å². The highest BCUT2D eigenvalue weighted by Gasteiger charge is 2.06. The Morgan fingerprint density at radius 2 is 1.88 bits per heavy atom. The topological polar surface area (TPSA) is 108 Å². The van der Waals surface area contributed by atoms with Crippen molar-refractivity contribution in [3.05, 3.63) is 0 Å². The Bertz CT molecular complexity index is 255. The third kappa shape index (κ3) is 8.95. The van der Waals surface area contributed by atoms with Crippen molar-refractivity contribution in [1.29, 1.82) is 0 Å². The lowest BCUT2D eigenvalue weighted by molar-refractivity contribution is -0.135. The number of rotatable bonds is 7. The number of urea groups is 1. The Hall–Kier alpha value is -1.63. The molecule has 0 radical (unpaired) electrons. The summed E-state index contributed by atoms with van der Waals surface area (Å²) in [4.78, 5) is 32.2. The van der Waals surface area contributed by atoms with Crippen LogP contribution in [0, 0.1) is 0 Å². The summed E-state index contributed by atoms with van der Waals surface area (Å²) in [5.74, 6) is -1.62. The average Bonchev–Trinajstić information content (AvgIpc) is 2.17.